The zero-order chi connectivity index (χ0) is 7.90. The van der Waals surface area contributed by atoms with Crippen molar-refractivity contribution < 1.29 is 5.11 Å². The molecule has 1 aliphatic heterocycles. The fourth-order valence-electron chi connectivity index (χ4n) is 2.03. The lowest BCUT2D eigenvalue weighted by atomic mass is 9.89. The van der Waals surface area contributed by atoms with Gasteiger partial charge in [0.2, 0.25) is 0 Å². The van der Waals surface area contributed by atoms with Crippen molar-refractivity contribution in [1.29, 1.82) is 0 Å². The summed E-state index contributed by atoms with van der Waals surface area (Å²) in [6.45, 7) is 0.757. The minimum absolute atomic E-state index is 0.176. The van der Waals surface area contributed by atoms with E-state index in [4.69, 9.17) is 11.6 Å². The highest BCUT2D eigenvalue weighted by Crippen LogP contribution is 2.46. The second kappa shape index (κ2) is 2.61. The van der Waals surface area contributed by atoms with Crippen LogP contribution in [0.5, 0.6) is 0 Å². The molecule has 11 heavy (non-hydrogen) atoms. The van der Waals surface area contributed by atoms with Gasteiger partial charge in [0.15, 0.2) is 0 Å². The van der Waals surface area contributed by atoms with E-state index in [1.54, 1.807) is 0 Å². The van der Waals surface area contributed by atoms with E-state index in [9.17, 15) is 5.11 Å². The van der Waals surface area contributed by atoms with Crippen LogP contribution < -0.4 is 5.32 Å². The highest BCUT2D eigenvalue weighted by atomic mass is 35.5. The van der Waals surface area contributed by atoms with Gasteiger partial charge in [-0.2, -0.15) is 0 Å². The maximum absolute atomic E-state index is 9.35. The lowest BCUT2D eigenvalue weighted by molar-refractivity contribution is 0.0903. The van der Waals surface area contributed by atoms with Gasteiger partial charge in [-0.25, -0.2) is 0 Å². The Kier molecular flexibility index (Phi) is 1.86. The van der Waals surface area contributed by atoms with Gasteiger partial charge in [-0.15, -0.1) is 11.6 Å². The molecule has 64 valence electrons. The molecule has 0 unspecified atom stereocenters. The van der Waals surface area contributed by atoms with E-state index in [-0.39, 0.29) is 6.10 Å². The first-order chi connectivity index (χ1) is 5.27. The number of halogens is 1. The molecule has 1 saturated heterocycles. The summed E-state index contributed by atoms with van der Waals surface area (Å²) in [7, 11) is 0. The molecular weight excluding hydrogens is 162 g/mol. The van der Waals surface area contributed by atoms with E-state index < -0.39 is 0 Å². The van der Waals surface area contributed by atoms with Crippen molar-refractivity contribution in [3.63, 3.8) is 0 Å². The first kappa shape index (κ1) is 7.84. The summed E-state index contributed by atoms with van der Waals surface area (Å²) in [6, 6.07) is 0. The number of aliphatic hydroxyl groups excluding tert-OH is 1. The number of hydrogen-bond acceptors (Lipinski definition) is 2. The molecule has 1 aliphatic carbocycles. The van der Waals surface area contributed by atoms with Crippen molar-refractivity contribution in [1.82, 2.24) is 5.32 Å². The molecule has 0 radical (unpaired) electrons. The third kappa shape index (κ3) is 1.28. The second-order valence-corrected chi connectivity index (χ2v) is 4.09. The van der Waals surface area contributed by atoms with Crippen molar-refractivity contribution in [3.8, 4) is 0 Å². The highest BCUT2D eigenvalue weighted by molar-refractivity contribution is 6.18. The van der Waals surface area contributed by atoms with Crippen molar-refractivity contribution in [2.24, 2.45) is 5.92 Å². The third-order valence-corrected chi connectivity index (χ3v) is 3.38. The number of piperidine rings is 1. The van der Waals surface area contributed by atoms with Gasteiger partial charge in [0.1, 0.15) is 0 Å². The number of rotatable bonds is 1. The van der Waals surface area contributed by atoms with Gasteiger partial charge in [-0.3, -0.25) is 0 Å². The summed E-state index contributed by atoms with van der Waals surface area (Å²) in [5.74, 6) is 1.18. The van der Waals surface area contributed by atoms with E-state index in [1.807, 2.05) is 0 Å². The van der Waals surface area contributed by atoms with E-state index in [2.05, 4.69) is 5.32 Å². The maximum Gasteiger partial charge on any atom is 0.0668 e. The largest absolute Gasteiger partial charge is 0.392 e. The zero-order valence-corrected chi connectivity index (χ0v) is 7.27. The topological polar surface area (TPSA) is 32.3 Å². The summed E-state index contributed by atoms with van der Waals surface area (Å²) in [5.41, 5.74) is 0.334. The third-order valence-electron chi connectivity index (χ3n) is 3.00. The molecule has 2 rings (SSSR count). The molecule has 2 N–H and O–H groups in total. The van der Waals surface area contributed by atoms with Crippen LogP contribution in [0.1, 0.15) is 19.3 Å². The quantitative estimate of drug-likeness (QED) is 0.576. The molecule has 2 aliphatic rings. The molecule has 0 aromatic rings. The molecule has 1 saturated carbocycles. The van der Waals surface area contributed by atoms with Crippen LogP contribution in [-0.2, 0) is 0 Å². The Balaban J connectivity index is 2.01. The maximum atomic E-state index is 9.35. The van der Waals surface area contributed by atoms with Crippen molar-refractivity contribution >= 4 is 11.6 Å². The average molecular weight is 176 g/mol. The number of hydrogen-bond donors (Lipinski definition) is 2. The van der Waals surface area contributed by atoms with Crippen molar-refractivity contribution in [3.05, 3.63) is 0 Å². The van der Waals surface area contributed by atoms with Crippen molar-refractivity contribution in [2.75, 3.05) is 12.4 Å². The Hall–Kier alpha value is 0.210. The molecule has 2 nitrogen and oxygen atoms in total. The van der Waals surface area contributed by atoms with Gasteiger partial charge in [0, 0.05) is 18.0 Å². The SMILES string of the molecule is O[C@@H]1CNC2(CC2)[C@H](CCl)C1. The van der Waals surface area contributed by atoms with Crippen LogP contribution in [-0.4, -0.2) is 29.2 Å². The molecule has 0 amide bonds. The molecule has 1 heterocycles. The van der Waals surface area contributed by atoms with Crippen LogP contribution in [0, 0.1) is 5.92 Å². The highest BCUT2D eigenvalue weighted by Gasteiger charge is 2.51. The standard InChI is InChI=1S/C8H14ClNO/c9-4-6-3-7(11)5-10-8(6)1-2-8/h6-7,10-11H,1-5H2/t6-,7-/m0/s1. The predicted octanol–water partition coefficient (Wildman–Crippen LogP) is 0.728. The van der Waals surface area contributed by atoms with Gasteiger partial charge in [0.05, 0.1) is 6.10 Å². The second-order valence-electron chi connectivity index (χ2n) is 3.78. The summed E-state index contributed by atoms with van der Waals surface area (Å²) < 4.78 is 0. The van der Waals surface area contributed by atoms with E-state index in [0.717, 1.165) is 13.0 Å². The van der Waals surface area contributed by atoms with Gasteiger partial charge >= 0.3 is 0 Å². The molecule has 2 atom stereocenters. The van der Waals surface area contributed by atoms with E-state index in [0.29, 0.717) is 17.3 Å². The van der Waals surface area contributed by atoms with Gasteiger partial charge in [-0.1, -0.05) is 0 Å². The normalized spacial score (nSPS) is 40.9. The monoisotopic (exact) mass is 175 g/mol. The number of aliphatic hydroxyl groups is 1. The Bertz CT molecular complexity index is 158. The molecule has 3 heteroatoms. The van der Waals surface area contributed by atoms with E-state index >= 15 is 0 Å². The number of alkyl halides is 1. The van der Waals surface area contributed by atoms with Gasteiger partial charge in [-0.05, 0) is 25.2 Å². The Morgan fingerprint density at radius 1 is 1.55 bits per heavy atom. The molecule has 0 bridgehead atoms. The molecule has 1 spiro atoms. The fourth-order valence-corrected chi connectivity index (χ4v) is 2.45. The lowest BCUT2D eigenvalue weighted by Gasteiger charge is -2.34. The minimum atomic E-state index is -0.176. The number of nitrogens with one attached hydrogen (secondary N) is 1. The molecule has 2 fully saturated rings. The van der Waals surface area contributed by atoms with Crippen molar-refractivity contribution in [2.45, 2.75) is 30.9 Å². The molecule has 0 aromatic carbocycles. The van der Waals surface area contributed by atoms with Crippen LogP contribution >= 0.6 is 11.6 Å². The fraction of sp³-hybridized carbons (Fsp3) is 1.00. The van der Waals surface area contributed by atoms with Crippen LogP contribution in [0.25, 0.3) is 0 Å². The summed E-state index contributed by atoms with van der Waals surface area (Å²) in [6.07, 6.45) is 3.20. The Labute approximate surface area is 71.9 Å². The summed E-state index contributed by atoms with van der Waals surface area (Å²) in [4.78, 5) is 0. The first-order valence-corrected chi connectivity index (χ1v) is 4.79. The van der Waals surface area contributed by atoms with Crippen LogP contribution in [0.3, 0.4) is 0 Å². The predicted molar refractivity (Wildman–Crippen MR) is 44.8 cm³/mol. The van der Waals surface area contributed by atoms with Crippen LogP contribution in [0.15, 0.2) is 0 Å². The van der Waals surface area contributed by atoms with Crippen LogP contribution in [0.2, 0.25) is 0 Å². The average Bonchev–Trinajstić information content (AvgIpc) is 2.76. The minimum Gasteiger partial charge on any atom is -0.392 e. The van der Waals surface area contributed by atoms with Gasteiger partial charge < -0.3 is 10.4 Å². The molecular formula is C8H14ClNO. The van der Waals surface area contributed by atoms with E-state index in [1.165, 1.54) is 12.8 Å². The summed E-state index contributed by atoms with van der Waals surface area (Å²) >= 11 is 5.82. The Morgan fingerprint density at radius 2 is 2.27 bits per heavy atom. The molecule has 0 aromatic heterocycles. The Morgan fingerprint density at radius 3 is 2.82 bits per heavy atom. The smallest absolute Gasteiger partial charge is 0.0668 e. The number of β-amino-alcohol motifs (C(OH)–C–C–N with tert-alkyl or cyclic N) is 1. The summed E-state index contributed by atoms with van der Waals surface area (Å²) in [5, 5.41) is 12.7. The van der Waals surface area contributed by atoms with Gasteiger partial charge in [0.25, 0.3) is 0 Å². The zero-order valence-electron chi connectivity index (χ0n) is 6.52. The lowest BCUT2D eigenvalue weighted by Crippen LogP contribution is -2.50. The first-order valence-electron chi connectivity index (χ1n) is 4.26. The van der Waals surface area contributed by atoms with Crippen LogP contribution in [0.4, 0.5) is 0 Å².